The second-order valence-corrected chi connectivity index (χ2v) is 4.48. The summed E-state index contributed by atoms with van der Waals surface area (Å²) in [6.07, 6.45) is -4.76. The molecule has 0 heterocycles. The molecule has 0 unspecified atom stereocenters. The van der Waals surface area contributed by atoms with Crippen LogP contribution in [0, 0.1) is 12.7 Å². The largest absolute Gasteiger partial charge is 0.478 e. The number of carboxylic acids is 1. The van der Waals surface area contributed by atoms with Gasteiger partial charge in [0.1, 0.15) is 5.82 Å². The van der Waals surface area contributed by atoms with E-state index >= 15 is 0 Å². The monoisotopic (exact) mass is 298 g/mol. The van der Waals surface area contributed by atoms with E-state index in [1.54, 1.807) is 0 Å². The van der Waals surface area contributed by atoms with E-state index in [0.717, 1.165) is 12.1 Å². The Labute approximate surface area is 117 Å². The van der Waals surface area contributed by atoms with Crippen LogP contribution >= 0.6 is 0 Å². The molecule has 0 atom stereocenters. The molecule has 2 aromatic rings. The van der Waals surface area contributed by atoms with Crippen LogP contribution in [-0.4, -0.2) is 11.1 Å². The van der Waals surface area contributed by atoms with Gasteiger partial charge in [-0.05, 0) is 41.8 Å². The lowest BCUT2D eigenvalue weighted by molar-refractivity contribution is -0.139. The van der Waals surface area contributed by atoms with Crippen LogP contribution in [0.1, 0.15) is 21.5 Å². The number of carboxylic acid groups (broad SMARTS) is 1. The van der Waals surface area contributed by atoms with Crippen molar-refractivity contribution in [3.8, 4) is 11.1 Å². The molecular formula is C15H10F4O2. The molecule has 0 aliphatic heterocycles. The quantitative estimate of drug-likeness (QED) is 0.828. The van der Waals surface area contributed by atoms with Crippen LogP contribution in [-0.2, 0) is 6.18 Å². The highest BCUT2D eigenvalue weighted by molar-refractivity contribution is 5.92. The van der Waals surface area contributed by atoms with Crippen LogP contribution in [0.3, 0.4) is 0 Å². The molecule has 0 aromatic heterocycles. The zero-order valence-corrected chi connectivity index (χ0v) is 10.8. The summed E-state index contributed by atoms with van der Waals surface area (Å²) in [5.41, 5.74) is -0.390. The molecule has 2 nitrogen and oxygen atoms in total. The molecule has 2 rings (SSSR count). The minimum atomic E-state index is -4.76. The zero-order chi connectivity index (χ0) is 15.8. The van der Waals surface area contributed by atoms with Crippen LogP contribution in [0.15, 0.2) is 36.4 Å². The molecule has 0 radical (unpaired) electrons. The number of hydrogen-bond acceptors (Lipinski definition) is 1. The topological polar surface area (TPSA) is 37.3 Å². The van der Waals surface area contributed by atoms with Gasteiger partial charge in [0.15, 0.2) is 0 Å². The number of alkyl halides is 3. The summed E-state index contributed by atoms with van der Waals surface area (Å²) in [7, 11) is 0. The van der Waals surface area contributed by atoms with Gasteiger partial charge in [-0.15, -0.1) is 0 Å². The summed E-state index contributed by atoms with van der Waals surface area (Å²) in [6.45, 7) is 1.52. The lowest BCUT2D eigenvalue weighted by atomic mass is 9.95. The van der Waals surface area contributed by atoms with E-state index in [9.17, 15) is 22.4 Å². The van der Waals surface area contributed by atoms with Gasteiger partial charge < -0.3 is 5.11 Å². The third-order valence-electron chi connectivity index (χ3n) is 3.15. The highest BCUT2D eigenvalue weighted by Crippen LogP contribution is 2.34. The number of halogens is 4. The molecule has 0 saturated carbocycles. The van der Waals surface area contributed by atoms with Crippen LogP contribution in [0.25, 0.3) is 11.1 Å². The molecule has 0 aliphatic rings. The molecule has 0 amide bonds. The van der Waals surface area contributed by atoms with Gasteiger partial charge in [-0.2, -0.15) is 13.2 Å². The summed E-state index contributed by atoms with van der Waals surface area (Å²) in [6, 6.07) is 6.90. The number of rotatable bonds is 2. The van der Waals surface area contributed by atoms with E-state index in [4.69, 9.17) is 5.11 Å². The minimum Gasteiger partial charge on any atom is -0.478 e. The second-order valence-electron chi connectivity index (χ2n) is 4.48. The molecular weight excluding hydrogens is 288 g/mol. The lowest BCUT2D eigenvalue weighted by Gasteiger charge is -2.12. The van der Waals surface area contributed by atoms with Crippen molar-refractivity contribution in [1.82, 2.24) is 0 Å². The van der Waals surface area contributed by atoms with Gasteiger partial charge in [0.2, 0.25) is 0 Å². The maximum Gasteiger partial charge on any atom is 0.419 e. The van der Waals surface area contributed by atoms with E-state index in [0.29, 0.717) is 17.2 Å². The first kappa shape index (κ1) is 15.0. The van der Waals surface area contributed by atoms with E-state index < -0.39 is 23.5 Å². The van der Waals surface area contributed by atoms with Gasteiger partial charge in [-0.3, -0.25) is 0 Å². The highest BCUT2D eigenvalue weighted by atomic mass is 19.4. The molecule has 0 spiro atoms. The summed E-state index contributed by atoms with van der Waals surface area (Å²) in [5, 5.41) is 9.02. The maximum absolute atomic E-state index is 13.6. The van der Waals surface area contributed by atoms with Crippen molar-refractivity contribution in [2.75, 3.05) is 0 Å². The molecule has 0 bridgehead atoms. The minimum absolute atomic E-state index is 0.0211. The fourth-order valence-electron chi connectivity index (χ4n) is 2.09. The summed E-state index contributed by atoms with van der Waals surface area (Å²) in [5.74, 6) is -2.54. The van der Waals surface area contributed by atoms with Crippen LogP contribution < -0.4 is 0 Å². The smallest absolute Gasteiger partial charge is 0.419 e. The Bertz CT molecular complexity index is 705. The van der Waals surface area contributed by atoms with Crippen molar-refractivity contribution in [3.05, 3.63) is 58.9 Å². The average molecular weight is 298 g/mol. The van der Waals surface area contributed by atoms with Crippen molar-refractivity contribution >= 4 is 5.97 Å². The molecule has 0 aliphatic carbocycles. The van der Waals surface area contributed by atoms with Crippen molar-refractivity contribution in [3.63, 3.8) is 0 Å². The van der Waals surface area contributed by atoms with Gasteiger partial charge >= 0.3 is 12.1 Å². The standard InChI is InChI=1S/C15H10F4O2/c1-8-10(3-2-4-11(8)14(20)21)9-5-6-12(13(16)7-9)15(17,18)19/h2-7H,1H3,(H,20,21). The van der Waals surface area contributed by atoms with E-state index in [1.165, 1.54) is 25.1 Å². The zero-order valence-electron chi connectivity index (χ0n) is 10.8. The summed E-state index contributed by atoms with van der Waals surface area (Å²) in [4.78, 5) is 11.0. The van der Waals surface area contributed by atoms with Gasteiger partial charge in [0.05, 0.1) is 11.1 Å². The first-order valence-electron chi connectivity index (χ1n) is 5.92. The van der Waals surface area contributed by atoms with Gasteiger partial charge in [-0.1, -0.05) is 18.2 Å². The molecule has 21 heavy (non-hydrogen) atoms. The fraction of sp³-hybridized carbons (Fsp3) is 0.133. The van der Waals surface area contributed by atoms with Crippen molar-refractivity contribution < 1.29 is 27.5 Å². The van der Waals surface area contributed by atoms with Crippen molar-refractivity contribution in [2.24, 2.45) is 0 Å². The first-order valence-corrected chi connectivity index (χ1v) is 5.92. The lowest BCUT2D eigenvalue weighted by Crippen LogP contribution is -2.08. The summed E-state index contributed by atoms with van der Waals surface area (Å²) >= 11 is 0. The third kappa shape index (κ3) is 2.89. The fourth-order valence-corrected chi connectivity index (χ4v) is 2.09. The average Bonchev–Trinajstić information content (AvgIpc) is 2.36. The van der Waals surface area contributed by atoms with Crippen LogP contribution in [0.5, 0.6) is 0 Å². The Kier molecular flexibility index (Phi) is 3.72. The predicted molar refractivity (Wildman–Crippen MR) is 68.5 cm³/mol. The normalized spacial score (nSPS) is 11.5. The maximum atomic E-state index is 13.6. The molecule has 110 valence electrons. The second kappa shape index (κ2) is 5.20. The van der Waals surface area contributed by atoms with Gasteiger partial charge in [0.25, 0.3) is 0 Å². The highest BCUT2D eigenvalue weighted by Gasteiger charge is 2.34. The predicted octanol–water partition coefficient (Wildman–Crippen LogP) is 4.52. The van der Waals surface area contributed by atoms with E-state index in [1.807, 2.05) is 0 Å². The summed E-state index contributed by atoms with van der Waals surface area (Å²) < 4.78 is 51.1. The number of hydrogen-bond donors (Lipinski definition) is 1. The Morgan fingerprint density at radius 2 is 1.81 bits per heavy atom. The van der Waals surface area contributed by atoms with E-state index in [2.05, 4.69) is 0 Å². The number of benzene rings is 2. The van der Waals surface area contributed by atoms with Crippen molar-refractivity contribution in [2.45, 2.75) is 13.1 Å². The molecule has 0 fully saturated rings. The molecule has 6 heteroatoms. The number of carbonyl (C=O) groups is 1. The SMILES string of the molecule is Cc1c(C(=O)O)cccc1-c1ccc(C(F)(F)F)c(F)c1. The molecule has 2 aromatic carbocycles. The Hall–Kier alpha value is -2.37. The first-order chi connectivity index (χ1) is 9.71. The molecule has 0 saturated heterocycles. The van der Waals surface area contributed by atoms with Crippen LogP contribution in [0.4, 0.5) is 17.6 Å². The Balaban J connectivity index is 2.57. The van der Waals surface area contributed by atoms with Gasteiger partial charge in [0, 0.05) is 0 Å². The van der Waals surface area contributed by atoms with Crippen LogP contribution in [0.2, 0.25) is 0 Å². The number of aromatic carboxylic acids is 1. The molecule has 1 N–H and O–H groups in total. The van der Waals surface area contributed by atoms with E-state index in [-0.39, 0.29) is 11.1 Å². The Morgan fingerprint density at radius 3 is 2.33 bits per heavy atom. The van der Waals surface area contributed by atoms with Gasteiger partial charge in [-0.25, -0.2) is 9.18 Å². The third-order valence-corrected chi connectivity index (χ3v) is 3.15. The van der Waals surface area contributed by atoms with Crippen molar-refractivity contribution in [1.29, 1.82) is 0 Å². The Morgan fingerprint density at radius 1 is 1.14 bits per heavy atom.